The first-order valence-corrected chi connectivity index (χ1v) is 15.6. The van der Waals surface area contributed by atoms with Gasteiger partial charge in [-0.2, -0.15) is 0 Å². The van der Waals surface area contributed by atoms with Crippen molar-refractivity contribution in [3.8, 4) is 44.5 Å². The maximum Gasteiger partial charge on any atom is 0.0636 e. The Kier molecular flexibility index (Phi) is 3.37. The van der Waals surface area contributed by atoms with Gasteiger partial charge in [0.1, 0.15) is 0 Å². The van der Waals surface area contributed by atoms with Crippen LogP contribution in [0.3, 0.4) is 0 Å². The van der Waals surface area contributed by atoms with Crippen LogP contribution in [0.15, 0.2) is 194 Å². The first kappa shape index (κ1) is 14.5. The Morgan fingerprint density at radius 2 is 0.820 bits per heavy atom. The Morgan fingerprint density at radius 3 is 1.58 bits per heavy atom. The van der Waals surface area contributed by atoms with Crippen LogP contribution in [0.5, 0.6) is 0 Å². The summed E-state index contributed by atoms with van der Waals surface area (Å²) >= 11 is 0. The van der Waals surface area contributed by atoms with E-state index < -0.39 is 181 Å². The standard InChI is InChI=1S/C50H32/c1-4-13-36-28-40(23-20-33(36)10-1)39-16-9-17-43(31-39)49-45-18-7-8-19-46(45)50(44-25-22-35-12-3-6-15-38(35)30-44)48-32-42(26-27-47(48)49)41-24-21-34-11-2-5-14-37(34)29-41/h1-32H/i2D,3D,5D,6D,7D,8D,11D,12D,14D,15D,18D,19D,21D,22D,24D,25D,26D,27D,29D,30D,32D. The molecule has 50 heavy (non-hydrogen) atoms. The van der Waals surface area contributed by atoms with E-state index in [-0.39, 0.29) is 21.9 Å². The summed E-state index contributed by atoms with van der Waals surface area (Å²) in [6.45, 7) is 0. The average molecular weight is 654 g/mol. The van der Waals surface area contributed by atoms with Gasteiger partial charge in [0.15, 0.2) is 0 Å². The molecular formula is C50H32. The molecule has 0 spiro atoms. The molecule has 0 heteroatoms. The number of rotatable bonds is 4. The normalized spacial score (nSPS) is 17.5. The van der Waals surface area contributed by atoms with Gasteiger partial charge < -0.3 is 0 Å². The summed E-state index contributed by atoms with van der Waals surface area (Å²) in [5.41, 5.74) is -1.12. The Morgan fingerprint density at radius 1 is 0.280 bits per heavy atom. The second-order valence-electron chi connectivity index (χ2n) is 11.6. The molecule has 0 aromatic heterocycles. The topological polar surface area (TPSA) is 0 Å². The second-order valence-corrected chi connectivity index (χ2v) is 11.6. The highest BCUT2D eigenvalue weighted by atomic mass is 14.2. The largest absolute Gasteiger partial charge is 0.0636 e. The average Bonchev–Trinajstić information content (AvgIpc) is 3.36. The van der Waals surface area contributed by atoms with Crippen molar-refractivity contribution >= 4 is 53.9 Å². The van der Waals surface area contributed by atoms with Gasteiger partial charge >= 0.3 is 0 Å². The third kappa shape index (κ3) is 4.77. The van der Waals surface area contributed by atoms with Crippen molar-refractivity contribution in [3.63, 3.8) is 0 Å². The van der Waals surface area contributed by atoms with E-state index in [1.165, 1.54) is 0 Å². The minimum absolute atomic E-state index is 0.107. The predicted octanol–water partition coefficient (Wildman–Crippen LogP) is 14.1. The summed E-state index contributed by atoms with van der Waals surface area (Å²) in [4.78, 5) is 0. The molecule has 232 valence electrons. The summed E-state index contributed by atoms with van der Waals surface area (Å²) in [6.07, 6.45) is 0. The maximum absolute atomic E-state index is 10.2. The molecule has 10 rings (SSSR count). The van der Waals surface area contributed by atoms with E-state index in [9.17, 15) is 13.7 Å². The first-order valence-electron chi connectivity index (χ1n) is 26.1. The van der Waals surface area contributed by atoms with E-state index in [1.54, 1.807) is 24.3 Å². The van der Waals surface area contributed by atoms with Crippen molar-refractivity contribution in [2.75, 3.05) is 0 Å². The molecule has 0 atom stereocenters. The van der Waals surface area contributed by atoms with Crippen LogP contribution in [-0.2, 0) is 0 Å². The van der Waals surface area contributed by atoms with Crippen molar-refractivity contribution in [2.24, 2.45) is 0 Å². The van der Waals surface area contributed by atoms with Gasteiger partial charge in [-0.05, 0) is 129 Å². The van der Waals surface area contributed by atoms with Gasteiger partial charge in [0.05, 0.1) is 28.8 Å². The summed E-state index contributed by atoms with van der Waals surface area (Å²) in [5.74, 6) is 0. The van der Waals surface area contributed by atoms with Crippen LogP contribution in [0.4, 0.5) is 0 Å². The van der Waals surface area contributed by atoms with E-state index in [4.69, 9.17) is 15.1 Å². The van der Waals surface area contributed by atoms with Gasteiger partial charge in [-0.15, -0.1) is 0 Å². The zero-order valence-corrected chi connectivity index (χ0v) is 25.9. The van der Waals surface area contributed by atoms with Crippen LogP contribution in [0.25, 0.3) is 98.4 Å². The molecule has 0 nitrogen and oxygen atoms in total. The lowest BCUT2D eigenvalue weighted by atomic mass is 9.84. The van der Waals surface area contributed by atoms with E-state index in [2.05, 4.69) is 0 Å². The van der Waals surface area contributed by atoms with E-state index in [0.29, 0.717) is 5.56 Å². The molecule has 0 aliphatic carbocycles. The summed E-state index contributed by atoms with van der Waals surface area (Å²) in [6, 6.07) is 3.63. The van der Waals surface area contributed by atoms with Crippen molar-refractivity contribution in [3.05, 3.63) is 194 Å². The summed E-state index contributed by atoms with van der Waals surface area (Å²) < 4.78 is 191. The molecular weight excluding hydrogens is 601 g/mol. The minimum Gasteiger partial charge on any atom is -0.0616 e. The quantitative estimate of drug-likeness (QED) is 0.166. The molecule has 10 aromatic carbocycles. The number of hydrogen-bond acceptors (Lipinski definition) is 0. The fourth-order valence-electron chi connectivity index (χ4n) is 6.42. The molecule has 0 unspecified atom stereocenters. The Labute approximate surface area is 321 Å². The lowest BCUT2D eigenvalue weighted by Crippen LogP contribution is -1.92. The first-order chi connectivity index (χ1) is 33.5. The Balaban J connectivity index is 1.49. The minimum atomic E-state index is -0.867. The van der Waals surface area contributed by atoms with Crippen LogP contribution in [0, 0.1) is 0 Å². The van der Waals surface area contributed by atoms with Gasteiger partial charge in [-0.1, -0.05) is 163 Å². The molecule has 10 aromatic rings. The third-order valence-corrected chi connectivity index (χ3v) is 8.73. The number of fused-ring (bicyclic) bond motifs is 5. The second kappa shape index (κ2) is 11.6. The lowest BCUT2D eigenvalue weighted by molar-refractivity contribution is 1.62. The third-order valence-electron chi connectivity index (χ3n) is 8.73. The highest BCUT2D eigenvalue weighted by Crippen LogP contribution is 2.46. The molecule has 0 aliphatic heterocycles. The van der Waals surface area contributed by atoms with Gasteiger partial charge in [0.25, 0.3) is 0 Å². The van der Waals surface area contributed by atoms with Gasteiger partial charge in [0.2, 0.25) is 0 Å². The van der Waals surface area contributed by atoms with Crippen LogP contribution < -0.4 is 0 Å². The molecule has 0 aliphatic rings. The van der Waals surface area contributed by atoms with Crippen LogP contribution in [0.1, 0.15) is 28.8 Å². The summed E-state index contributed by atoms with van der Waals surface area (Å²) in [7, 11) is 0. The maximum atomic E-state index is 10.2. The number of benzene rings is 10. The van der Waals surface area contributed by atoms with Crippen molar-refractivity contribution < 1.29 is 28.8 Å². The Bertz CT molecular complexity index is 4130. The summed E-state index contributed by atoms with van der Waals surface area (Å²) in [5, 5.41) is -1.79. The van der Waals surface area contributed by atoms with E-state index in [0.717, 1.165) is 16.3 Å². The SMILES string of the molecule is [2H]c1c([2H])c([2H])c2c([2H])c(-c3c([2H])c([2H])c4c(-c5cccc(-c6ccc7ccccc7c6)c5)c5c([2H])c([2H])c([2H])c([2H])c5c(-c5c([2H])c([2H])c6c([2H])c([2H])c([2H])c([2H])c6c5[2H])c4c3[2H])c([2H])c([2H])c2c1[2H]. The fraction of sp³-hybridized carbons (Fsp3) is 0. The predicted molar refractivity (Wildman–Crippen MR) is 216 cm³/mol. The van der Waals surface area contributed by atoms with Crippen molar-refractivity contribution in [2.45, 2.75) is 0 Å². The molecule has 0 bridgehead atoms. The van der Waals surface area contributed by atoms with Crippen LogP contribution in [0.2, 0.25) is 0 Å². The van der Waals surface area contributed by atoms with E-state index in [1.807, 2.05) is 42.5 Å². The van der Waals surface area contributed by atoms with Gasteiger partial charge in [-0.3, -0.25) is 0 Å². The van der Waals surface area contributed by atoms with Crippen molar-refractivity contribution in [1.82, 2.24) is 0 Å². The van der Waals surface area contributed by atoms with Gasteiger partial charge in [-0.25, -0.2) is 0 Å². The van der Waals surface area contributed by atoms with Gasteiger partial charge in [0, 0.05) is 0 Å². The fourth-order valence-corrected chi connectivity index (χ4v) is 6.42. The van der Waals surface area contributed by atoms with Crippen LogP contribution in [-0.4, -0.2) is 0 Å². The van der Waals surface area contributed by atoms with Crippen LogP contribution >= 0.6 is 0 Å². The zero-order valence-electron chi connectivity index (χ0n) is 46.9. The lowest BCUT2D eigenvalue weighted by Gasteiger charge is -2.19. The molecule has 0 N–H and O–H groups in total. The highest BCUT2D eigenvalue weighted by Gasteiger charge is 2.18. The molecule has 0 saturated carbocycles. The molecule has 0 saturated heterocycles. The number of hydrogen-bond donors (Lipinski definition) is 0. The zero-order chi connectivity index (χ0) is 51.3. The monoisotopic (exact) mass is 653 g/mol. The smallest absolute Gasteiger partial charge is 0.0616 e. The molecule has 0 fully saturated rings. The van der Waals surface area contributed by atoms with E-state index >= 15 is 0 Å². The Hall–Kier alpha value is -6.50. The molecule has 0 amide bonds. The highest BCUT2D eigenvalue weighted by molar-refractivity contribution is 6.22. The molecule has 0 radical (unpaired) electrons. The molecule has 0 heterocycles. The van der Waals surface area contributed by atoms with Crippen molar-refractivity contribution in [1.29, 1.82) is 0 Å².